The molecule has 0 aliphatic rings. The Bertz CT molecular complexity index is 183. The highest BCUT2D eigenvalue weighted by molar-refractivity contribution is 5.81. The second-order valence-electron chi connectivity index (χ2n) is 2.60. The van der Waals surface area contributed by atoms with Crippen LogP contribution < -0.4 is 22.1 Å². The first-order valence-corrected chi connectivity index (χ1v) is 4.14. The number of carbonyl (C=O) groups excluding carboxylic acids is 2. The highest BCUT2D eigenvalue weighted by Crippen LogP contribution is 1.83. The van der Waals surface area contributed by atoms with Gasteiger partial charge < -0.3 is 22.1 Å². The lowest BCUT2D eigenvalue weighted by Gasteiger charge is -2.09. The molecule has 0 fully saturated rings. The molecule has 3 amide bonds. The van der Waals surface area contributed by atoms with E-state index in [1.165, 1.54) is 0 Å². The van der Waals surface area contributed by atoms with Gasteiger partial charge in [-0.15, -0.1) is 0 Å². The summed E-state index contributed by atoms with van der Waals surface area (Å²) in [6.07, 6.45) is 0.592. The highest BCUT2D eigenvalue weighted by atomic mass is 16.2. The number of amides is 3. The van der Waals surface area contributed by atoms with Gasteiger partial charge in [-0.3, -0.25) is 4.79 Å². The molecule has 0 aromatic heterocycles. The molecule has 1 unspecified atom stereocenters. The van der Waals surface area contributed by atoms with Crippen molar-refractivity contribution in [1.29, 1.82) is 0 Å². The molecule has 76 valence electrons. The summed E-state index contributed by atoms with van der Waals surface area (Å²) < 4.78 is 0. The van der Waals surface area contributed by atoms with Gasteiger partial charge in [-0.25, -0.2) is 4.79 Å². The van der Waals surface area contributed by atoms with Gasteiger partial charge in [0, 0.05) is 13.1 Å². The fraction of sp³-hybridized carbons (Fsp3) is 0.714. The second kappa shape index (κ2) is 6.24. The van der Waals surface area contributed by atoms with Crippen LogP contribution in [0.15, 0.2) is 0 Å². The summed E-state index contributed by atoms with van der Waals surface area (Å²) in [6, 6.07) is -1.08. The molecule has 6 nitrogen and oxygen atoms in total. The number of rotatable bonds is 5. The Morgan fingerprint density at radius 1 is 1.31 bits per heavy atom. The number of carbonyl (C=O) groups is 2. The molecule has 6 N–H and O–H groups in total. The summed E-state index contributed by atoms with van der Waals surface area (Å²) in [7, 11) is 0. The summed E-state index contributed by atoms with van der Waals surface area (Å²) in [6.45, 7) is 2.49. The van der Waals surface area contributed by atoms with Crippen molar-refractivity contribution < 1.29 is 9.59 Å². The van der Waals surface area contributed by atoms with E-state index >= 15 is 0 Å². The van der Waals surface area contributed by atoms with Crippen molar-refractivity contribution in [2.75, 3.05) is 13.1 Å². The average molecular weight is 188 g/mol. The maximum Gasteiger partial charge on any atom is 0.312 e. The number of nitrogens with one attached hydrogen (secondary N) is 2. The third-order valence-electron chi connectivity index (χ3n) is 1.50. The van der Waals surface area contributed by atoms with E-state index in [2.05, 4.69) is 10.6 Å². The minimum absolute atomic E-state index is 0.214. The Kier molecular flexibility index (Phi) is 5.62. The van der Waals surface area contributed by atoms with Gasteiger partial charge in [-0.1, -0.05) is 6.92 Å². The van der Waals surface area contributed by atoms with Crippen LogP contribution in [0, 0.1) is 0 Å². The van der Waals surface area contributed by atoms with E-state index in [1.54, 1.807) is 0 Å². The van der Waals surface area contributed by atoms with E-state index in [0.29, 0.717) is 19.5 Å². The zero-order valence-corrected chi connectivity index (χ0v) is 7.67. The number of nitrogens with two attached hydrogens (primary N) is 2. The minimum atomic E-state index is -0.603. The van der Waals surface area contributed by atoms with Crippen LogP contribution in [-0.4, -0.2) is 31.1 Å². The normalized spacial score (nSPS) is 11.8. The van der Waals surface area contributed by atoms with Crippen molar-refractivity contribution >= 4 is 11.9 Å². The minimum Gasteiger partial charge on any atom is -0.353 e. The Morgan fingerprint density at radius 2 is 1.85 bits per heavy atom. The first-order chi connectivity index (χ1) is 6.07. The maximum absolute atomic E-state index is 11.0. The summed E-state index contributed by atoms with van der Waals surface area (Å²) in [5, 5.41) is 4.90. The number of hydrogen-bond donors (Lipinski definition) is 4. The van der Waals surface area contributed by atoms with E-state index in [1.807, 2.05) is 6.92 Å². The van der Waals surface area contributed by atoms with Crippen LogP contribution in [0.25, 0.3) is 0 Å². The second-order valence-corrected chi connectivity index (χ2v) is 2.60. The van der Waals surface area contributed by atoms with Gasteiger partial charge in [0.2, 0.25) is 5.91 Å². The van der Waals surface area contributed by atoms with Gasteiger partial charge in [-0.2, -0.15) is 0 Å². The molecule has 0 rings (SSSR count). The molecular weight excluding hydrogens is 172 g/mol. The lowest BCUT2D eigenvalue weighted by atomic mass is 10.2. The summed E-state index contributed by atoms with van der Waals surface area (Å²) in [5.74, 6) is -0.214. The van der Waals surface area contributed by atoms with Crippen LogP contribution in [0.4, 0.5) is 4.79 Å². The molecule has 1 atom stereocenters. The van der Waals surface area contributed by atoms with Crippen molar-refractivity contribution in [3.63, 3.8) is 0 Å². The van der Waals surface area contributed by atoms with Crippen LogP contribution in [0.5, 0.6) is 0 Å². The SMILES string of the molecule is CCC(N)C(=O)NCCNC(N)=O. The lowest BCUT2D eigenvalue weighted by molar-refractivity contribution is -0.122. The number of hydrogen-bond acceptors (Lipinski definition) is 3. The van der Waals surface area contributed by atoms with E-state index in [9.17, 15) is 9.59 Å². The van der Waals surface area contributed by atoms with Crippen LogP contribution >= 0.6 is 0 Å². The van der Waals surface area contributed by atoms with Gasteiger partial charge >= 0.3 is 6.03 Å². The van der Waals surface area contributed by atoms with Crippen molar-refractivity contribution in [3.8, 4) is 0 Å². The molecule has 0 saturated carbocycles. The van der Waals surface area contributed by atoms with E-state index in [0.717, 1.165) is 0 Å². The molecular formula is C7H16N4O2. The molecule has 0 spiro atoms. The Morgan fingerprint density at radius 3 is 2.31 bits per heavy atom. The predicted octanol–water partition coefficient (Wildman–Crippen LogP) is -1.49. The largest absolute Gasteiger partial charge is 0.353 e. The van der Waals surface area contributed by atoms with Crippen LogP contribution in [0.2, 0.25) is 0 Å². The molecule has 0 saturated heterocycles. The number of urea groups is 1. The standard InChI is InChI=1S/C7H16N4O2/c1-2-5(8)6(12)10-3-4-11-7(9)13/h5H,2-4,8H2,1H3,(H,10,12)(H3,9,11,13). The molecule has 0 aliphatic carbocycles. The molecule has 0 radical (unpaired) electrons. The molecule has 13 heavy (non-hydrogen) atoms. The smallest absolute Gasteiger partial charge is 0.312 e. The Balaban J connectivity index is 3.42. The first kappa shape index (κ1) is 11.7. The van der Waals surface area contributed by atoms with E-state index < -0.39 is 12.1 Å². The third kappa shape index (κ3) is 5.92. The third-order valence-corrected chi connectivity index (χ3v) is 1.50. The Hall–Kier alpha value is -1.30. The summed E-state index contributed by atoms with van der Waals surface area (Å²) >= 11 is 0. The average Bonchev–Trinajstić information content (AvgIpc) is 2.10. The van der Waals surface area contributed by atoms with Crippen LogP contribution in [0.3, 0.4) is 0 Å². The van der Waals surface area contributed by atoms with Crippen LogP contribution in [-0.2, 0) is 4.79 Å². The zero-order chi connectivity index (χ0) is 10.3. The van der Waals surface area contributed by atoms with Crippen molar-refractivity contribution in [2.45, 2.75) is 19.4 Å². The molecule has 0 heterocycles. The molecule has 0 aliphatic heterocycles. The van der Waals surface area contributed by atoms with Crippen molar-refractivity contribution in [3.05, 3.63) is 0 Å². The quantitative estimate of drug-likeness (QED) is 0.394. The molecule has 0 aromatic carbocycles. The number of primary amides is 1. The summed E-state index contributed by atoms with van der Waals surface area (Å²) in [4.78, 5) is 21.2. The zero-order valence-electron chi connectivity index (χ0n) is 7.67. The van der Waals surface area contributed by atoms with Gasteiger partial charge in [-0.05, 0) is 6.42 Å². The first-order valence-electron chi connectivity index (χ1n) is 4.14. The highest BCUT2D eigenvalue weighted by Gasteiger charge is 2.08. The van der Waals surface area contributed by atoms with E-state index in [-0.39, 0.29) is 5.91 Å². The van der Waals surface area contributed by atoms with Gasteiger partial charge in [0.25, 0.3) is 0 Å². The molecule has 0 aromatic rings. The maximum atomic E-state index is 11.0. The predicted molar refractivity (Wildman–Crippen MR) is 48.9 cm³/mol. The topological polar surface area (TPSA) is 110 Å². The monoisotopic (exact) mass is 188 g/mol. The fourth-order valence-electron chi connectivity index (χ4n) is 0.688. The van der Waals surface area contributed by atoms with Crippen molar-refractivity contribution in [2.24, 2.45) is 11.5 Å². The Labute approximate surface area is 77.0 Å². The van der Waals surface area contributed by atoms with Gasteiger partial charge in [0.15, 0.2) is 0 Å². The fourth-order valence-corrected chi connectivity index (χ4v) is 0.688. The van der Waals surface area contributed by atoms with Gasteiger partial charge in [0.05, 0.1) is 6.04 Å². The van der Waals surface area contributed by atoms with E-state index in [4.69, 9.17) is 11.5 Å². The van der Waals surface area contributed by atoms with Crippen molar-refractivity contribution in [1.82, 2.24) is 10.6 Å². The molecule has 6 heteroatoms. The van der Waals surface area contributed by atoms with Gasteiger partial charge in [0.1, 0.15) is 0 Å². The lowest BCUT2D eigenvalue weighted by Crippen LogP contribution is -2.43. The summed E-state index contributed by atoms with van der Waals surface area (Å²) in [5.41, 5.74) is 10.2. The van der Waals surface area contributed by atoms with Crippen LogP contribution in [0.1, 0.15) is 13.3 Å². The molecule has 0 bridgehead atoms.